The van der Waals surface area contributed by atoms with Crippen molar-refractivity contribution in [2.75, 3.05) is 0 Å². The predicted octanol–water partition coefficient (Wildman–Crippen LogP) is 1.88. The third kappa shape index (κ3) is 1.90. The molecule has 0 amide bonds. The predicted molar refractivity (Wildman–Crippen MR) is 60.2 cm³/mol. The molecule has 0 saturated heterocycles. The third-order valence-electron chi connectivity index (χ3n) is 2.36. The molecule has 0 aliphatic carbocycles. The Kier molecular flexibility index (Phi) is 2.44. The van der Waals surface area contributed by atoms with E-state index in [1.54, 1.807) is 0 Å². The van der Waals surface area contributed by atoms with Crippen LogP contribution in [0.25, 0.3) is 11.1 Å². The molecule has 5 N–H and O–H groups in total. The Labute approximate surface area is 96.5 Å². The first-order chi connectivity index (χ1) is 7.99. The Hall–Kier alpha value is -2.56. The first-order valence-electron chi connectivity index (χ1n) is 4.76. The van der Waals surface area contributed by atoms with E-state index in [9.17, 15) is 20.4 Å². The summed E-state index contributed by atoms with van der Waals surface area (Å²) in [6.07, 6.45) is 0. The lowest BCUT2D eigenvalue weighted by molar-refractivity contribution is 0.397. The van der Waals surface area contributed by atoms with Crippen LogP contribution >= 0.6 is 0 Å². The van der Waals surface area contributed by atoms with E-state index in [1.165, 1.54) is 12.1 Å². The minimum absolute atomic E-state index is 0.117. The largest absolute Gasteiger partial charge is 0.508 e. The zero-order valence-corrected chi connectivity index (χ0v) is 8.62. The van der Waals surface area contributed by atoms with Crippen LogP contribution in [-0.2, 0) is 0 Å². The Bertz CT molecular complexity index is 577. The van der Waals surface area contributed by atoms with Crippen LogP contribution in [0, 0.1) is 0 Å². The zero-order chi connectivity index (χ0) is 12.6. The van der Waals surface area contributed by atoms with Gasteiger partial charge in [-0.2, -0.15) is 0 Å². The Balaban J connectivity index is 2.64. The third-order valence-corrected chi connectivity index (χ3v) is 2.36. The van der Waals surface area contributed by atoms with Gasteiger partial charge in [0.2, 0.25) is 0 Å². The lowest BCUT2D eigenvalue weighted by Gasteiger charge is -2.09. The van der Waals surface area contributed by atoms with Crippen LogP contribution in [0.5, 0.6) is 28.7 Å². The molecule has 0 spiro atoms. The summed E-state index contributed by atoms with van der Waals surface area (Å²) in [5, 5.41) is 46.9. The summed E-state index contributed by atoms with van der Waals surface area (Å²) in [4.78, 5) is 0. The fourth-order valence-corrected chi connectivity index (χ4v) is 1.53. The van der Waals surface area contributed by atoms with Crippen LogP contribution in [0.15, 0.2) is 30.3 Å². The Morgan fingerprint density at radius 3 is 1.76 bits per heavy atom. The molecule has 0 bridgehead atoms. The maximum absolute atomic E-state index is 9.62. The van der Waals surface area contributed by atoms with Crippen LogP contribution in [-0.4, -0.2) is 25.5 Å². The normalized spacial score (nSPS) is 10.4. The van der Waals surface area contributed by atoms with Gasteiger partial charge in [0.25, 0.3) is 0 Å². The van der Waals surface area contributed by atoms with E-state index in [0.717, 1.165) is 18.2 Å². The summed E-state index contributed by atoms with van der Waals surface area (Å²) < 4.78 is 0. The molecular weight excluding hydrogens is 224 g/mol. The molecule has 88 valence electrons. The van der Waals surface area contributed by atoms with E-state index >= 15 is 0 Å². The summed E-state index contributed by atoms with van der Waals surface area (Å²) in [6.45, 7) is 0. The molecule has 0 fully saturated rings. The highest BCUT2D eigenvalue weighted by Gasteiger charge is 2.13. The summed E-state index contributed by atoms with van der Waals surface area (Å²) >= 11 is 0. The van der Waals surface area contributed by atoms with Gasteiger partial charge in [-0.05, 0) is 18.2 Å². The number of hydrogen-bond donors (Lipinski definition) is 5. The van der Waals surface area contributed by atoms with E-state index in [0.29, 0.717) is 0 Å². The summed E-state index contributed by atoms with van der Waals surface area (Å²) in [5.74, 6) is -1.52. The minimum atomic E-state index is -0.454. The van der Waals surface area contributed by atoms with Crippen LogP contribution in [0.1, 0.15) is 0 Å². The van der Waals surface area contributed by atoms with E-state index in [2.05, 4.69) is 0 Å². The molecule has 2 rings (SSSR count). The van der Waals surface area contributed by atoms with Gasteiger partial charge in [0.1, 0.15) is 17.2 Å². The standard InChI is InChI=1S/C12H10O5/c13-6-1-2-7(9(14)3-6)8-4-11(16)12(17)5-10(8)15/h1-5,13-17H. The summed E-state index contributed by atoms with van der Waals surface area (Å²) in [7, 11) is 0. The fourth-order valence-electron chi connectivity index (χ4n) is 1.53. The second kappa shape index (κ2) is 3.79. The van der Waals surface area contributed by atoms with Crippen LogP contribution in [0.2, 0.25) is 0 Å². The molecule has 2 aromatic carbocycles. The monoisotopic (exact) mass is 234 g/mol. The number of benzene rings is 2. The van der Waals surface area contributed by atoms with E-state index in [4.69, 9.17) is 5.11 Å². The van der Waals surface area contributed by atoms with Gasteiger partial charge < -0.3 is 25.5 Å². The van der Waals surface area contributed by atoms with E-state index in [-0.39, 0.29) is 28.4 Å². The van der Waals surface area contributed by atoms with Gasteiger partial charge in [-0.25, -0.2) is 0 Å². The molecule has 0 radical (unpaired) electrons. The van der Waals surface area contributed by atoms with Gasteiger partial charge in [0.15, 0.2) is 11.5 Å². The van der Waals surface area contributed by atoms with Gasteiger partial charge >= 0.3 is 0 Å². The molecule has 2 aromatic rings. The minimum Gasteiger partial charge on any atom is -0.508 e. The van der Waals surface area contributed by atoms with Crippen molar-refractivity contribution in [1.29, 1.82) is 0 Å². The number of phenols is 5. The quantitative estimate of drug-likeness (QED) is 0.383. The van der Waals surface area contributed by atoms with Crippen molar-refractivity contribution in [3.05, 3.63) is 30.3 Å². The van der Waals surface area contributed by atoms with Crippen LogP contribution < -0.4 is 0 Å². The molecule has 5 nitrogen and oxygen atoms in total. The Morgan fingerprint density at radius 1 is 0.529 bits per heavy atom. The second-order valence-corrected chi connectivity index (χ2v) is 3.56. The highest BCUT2D eigenvalue weighted by Crippen LogP contribution is 2.42. The van der Waals surface area contributed by atoms with Crippen molar-refractivity contribution in [3.8, 4) is 39.9 Å². The smallest absolute Gasteiger partial charge is 0.161 e. The highest BCUT2D eigenvalue weighted by molar-refractivity contribution is 5.78. The van der Waals surface area contributed by atoms with Crippen molar-refractivity contribution in [1.82, 2.24) is 0 Å². The van der Waals surface area contributed by atoms with Crippen molar-refractivity contribution >= 4 is 0 Å². The first kappa shape index (κ1) is 10.9. The van der Waals surface area contributed by atoms with Crippen molar-refractivity contribution in [3.63, 3.8) is 0 Å². The summed E-state index contributed by atoms with van der Waals surface area (Å²) in [5.41, 5.74) is 0.383. The molecule has 0 unspecified atom stereocenters. The van der Waals surface area contributed by atoms with Gasteiger partial charge in [-0.3, -0.25) is 0 Å². The maximum atomic E-state index is 9.62. The topological polar surface area (TPSA) is 101 Å². The molecule has 0 aliphatic heterocycles. The average molecular weight is 234 g/mol. The van der Waals surface area contributed by atoms with Gasteiger partial charge in [-0.1, -0.05) is 0 Å². The molecule has 0 saturated carbocycles. The molecular formula is C12H10O5. The molecule has 5 heteroatoms. The number of aromatic hydroxyl groups is 5. The van der Waals surface area contributed by atoms with Gasteiger partial charge in [0.05, 0.1) is 0 Å². The van der Waals surface area contributed by atoms with Gasteiger partial charge in [-0.15, -0.1) is 0 Å². The molecule has 17 heavy (non-hydrogen) atoms. The first-order valence-corrected chi connectivity index (χ1v) is 4.76. The average Bonchev–Trinajstić information content (AvgIpc) is 2.24. The van der Waals surface area contributed by atoms with E-state index < -0.39 is 11.5 Å². The maximum Gasteiger partial charge on any atom is 0.161 e. The highest BCUT2D eigenvalue weighted by atomic mass is 16.3. The van der Waals surface area contributed by atoms with Crippen LogP contribution in [0.4, 0.5) is 0 Å². The second-order valence-electron chi connectivity index (χ2n) is 3.56. The fraction of sp³-hybridized carbons (Fsp3) is 0. The lowest BCUT2D eigenvalue weighted by atomic mass is 10.0. The lowest BCUT2D eigenvalue weighted by Crippen LogP contribution is -1.81. The number of rotatable bonds is 1. The molecule has 0 aliphatic rings. The van der Waals surface area contributed by atoms with Crippen molar-refractivity contribution < 1.29 is 25.5 Å². The van der Waals surface area contributed by atoms with Crippen molar-refractivity contribution in [2.45, 2.75) is 0 Å². The molecule has 0 aromatic heterocycles. The van der Waals surface area contributed by atoms with E-state index in [1.807, 2.05) is 0 Å². The summed E-state index contributed by atoms with van der Waals surface area (Å²) in [6, 6.07) is 5.92. The molecule has 0 atom stereocenters. The van der Waals surface area contributed by atoms with Gasteiger partial charge in [0, 0.05) is 23.3 Å². The number of hydrogen-bond acceptors (Lipinski definition) is 5. The SMILES string of the molecule is Oc1ccc(-c2cc(O)c(O)cc2O)c(O)c1. The zero-order valence-electron chi connectivity index (χ0n) is 8.62. The number of phenolic OH excluding ortho intramolecular Hbond substituents is 5. The van der Waals surface area contributed by atoms with Crippen molar-refractivity contribution in [2.24, 2.45) is 0 Å². The molecule has 0 heterocycles. The Morgan fingerprint density at radius 2 is 1.12 bits per heavy atom. The van der Waals surface area contributed by atoms with Crippen LogP contribution in [0.3, 0.4) is 0 Å².